The quantitative estimate of drug-likeness (QED) is 0.769. The van der Waals surface area contributed by atoms with Gasteiger partial charge in [0.15, 0.2) is 0 Å². The molecule has 3 heteroatoms. The molecule has 2 aliphatic rings. The minimum atomic E-state index is -0.425. The van der Waals surface area contributed by atoms with Gasteiger partial charge in [0.05, 0.1) is 5.60 Å². The molecule has 0 bridgehead atoms. The van der Waals surface area contributed by atoms with E-state index in [0.717, 1.165) is 19.4 Å². The first-order chi connectivity index (χ1) is 9.09. The lowest BCUT2D eigenvalue weighted by Gasteiger charge is -2.36. The molecule has 0 atom stereocenters. The Morgan fingerprint density at radius 2 is 1.68 bits per heavy atom. The molecule has 1 aliphatic carbocycles. The van der Waals surface area contributed by atoms with Crippen molar-refractivity contribution in [2.45, 2.75) is 82.9 Å². The third-order valence-corrected chi connectivity index (χ3v) is 5.01. The predicted molar refractivity (Wildman–Crippen MR) is 80.4 cm³/mol. The van der Waals surface area contributed by atoms with Crippen LogP contribution in [0.3, 0.4) is 0 Å². The van der Waals surface area contributed by atoms with Gasteiger partial charge in [-0.15, -0.1) is 0 Å². The SMILES string of the molecule is CC(C)N1CCC(NCC2(O)CCCCCC2)CC1. The van der Waals surface area contributed by atoms with E-state index in [-0.39, 0.29) is 0 Å². The Hall–Kier alpha value is -0.120. The molecule has 1 heterocycles. The maximum Gasteiger partial charge on any atom is 0.0771 e. The average Bonchev–Trinajstić information content (AvgIpc) is 2.62. The smallest absolute Gasteiger partial charge is 0.0771 e. The van der Waals surface area contributed by atoms with E-state index in [1.807, 2.05) is 0 Å². The zero-order chi connectivity index (χ0) is 13.7. The van der Waals surface area contributed by atoms with Crippen LogP contribution in [0.25, 0.3) is 0 Å². The number of hydrogen-bond acceptors (Lipinski definition) is 3. The molecule has 1 aliphatic heterocycles. The van der Waals surface area contributed by atoms with Crippen molar-refractivity contribution < 1.29 is 5.11 Å². The maximum absolute atomic E-state index is 10.6. The normalized spacial score (nSPS) is 26.5. The van der Waals surface area contributed by atoms with E-state index in [2.05, 4.69) is 24.1 Å². The van der Waals surface area contributed by atoms with Crippen molar-refractivity contribution in [1.29, 1.82) is 0 Å². The van der Waals surface area contributed by atoms with E-state index in [9.17, 15) is 5.11 Å². The summed E-state index contributed by atoms with van der Waals surface area (Å²) in [7, 11) is 0. The highest BCUT2D eigenvalue weighted by Crippen LogP contribution is 2.26. The van der Waals surface area contributed by atoms with Gasteiger partial charge < -0.3 is 15.3 Å². The maximum atomic E-state index is 10.6. The second-order valence-electron chi connectivity index (χ2n) is 6.92. The molecule has 0 unspecified atom stereocenters. The van der Waals surface area contributed by atoms with Gasteiger partial charge in [-0.05, 0) is 52.6 Å². The van der Waals surface area contributed by atoms with Crippen molar-refractivity contribution in [2.24, 2.45) is 0 Å². The Balaban J connectivity index is 1.71. The lowest BCUT2D eigenvalue weighted by atomic mass is 9.93. The van der Waals surface area contributed by atoms with Crippen LogP contribution in [0, 0.1) is 0 Å². The van der Waals surface area contributed by atoms with Gasteiger partial charge in [-0.1, -0.05) is 25.7 Å². The average molecular weight is 268 g/mol. The molecule has 3 nitrogen and oxygen atoms in total. The Labute approximate surface area is 118 Å². The number of hydrogen-bond donors (Lipinski definition) is 2. The number of likely N-dealkylation sites (tertiary alicyclic amines) is 1. The molecule has 0 radical (unpaired) electrons. The van der Waals surface area contributed by atoms with E-state index >= 15 is 0 Å². The van der Waals surface area contributed by atoms with Crippen molar-refractivity contribution >= 4 is 0 Å². The number of nitrogens with one attached hydrogen (secondary N) is 1. The number of nitrogens with zero attached hydrogens (tertiary/aromatic N) is 1. The summed E-state index contributed by atoms with van der Waals surface area (Å²) in [5.74, 6) is 0. The van der Waals surface area contributed by atoms with E-state index in [1.54, 1.807) is 0 Å². The Morgan fingerprint density at radius 1 is 1.11 bits per heavy atom. The largest absolute Gasteiger partial charge is 0.389 e. The van der Waals surface area contributed by atoms with Crippen molar-refractivity contribution in [3.63, 3.8) is 0 Å². The Bertz CT molecular complexity index is 251. The fraction of sp³-hybridized carbons (Fsp3) is 1.00. The summed E-state index contributed by atoms with van der Waals surface area (Å²) in [6, 6.07) is 1.29. The first kappa shape index (κ1) is 15.3. The van der Waals surface area contributed by atoms with Crippen molar-refractivity contribution in [2.75, 3.05) is 19.6 Å². The van der Waals surface area contributed by atoms with Gasteiger partial charge >= 0.3 is 0 Å². The summed E-state index contributed by atoms with van der Waals surface area (Å²) in [6.07, 6.45) is 9.44. The molecule has 0 amide bonds. The highest BCUT2D eigenvalue weighted by atomic mass is 16.3. The minimum Gasteiger partial charge on any atom is -0.389 e. The van der Waals surface area contributed by atoms with E-state index in [1.165, 1.54) is 51.6 Å². The zero-order valence-corrected chi connectivity index (χ0v) is 12.8. The van der Waals surface area contributed by atoms with Gasteiger partial charge in [0.1, 0.15) is 0 Å². The lowest BCUT2D eigenvalue weighted by Crippen LogP contribution is -2.49. The lowest BCUT2D eigenvalue weighted by molar-refractivity contribution is 0.0197. The molecule has 0 aromatic carbocycles. The molecule has 2 N–H and O–H groups in total. The summed E-state index contributed by atoms with van der Waals surface area (Å²) in [6.45, 7) is 7.77. The molecule has 0 spiro atoms. The van der Waals surface area contributed by atoms with Gasteiger partial charge in [0, 0.05) is 18.6 Å². The van der Waals surface area contributed by atoms with Gasteiger partial charge in [-0.2, -0.15) is 0 Å². The molecule has 2 rings (SSSR count). The van der Waals surface area contributed by atoms with Crippen LogP contribution < -0.4 is 5.32 Å². The minimum absolute atomic E-state index is 0.425. The fourth-order valence-corrected chi connectivity index (χ4v) is 3.52. The molecule has 2 fully saturated rings. The van der Waals surface area contributed by atoms with Gasteiger partial charge in [-0.3, -0.25) is 0 Å². The van der Waals surface area contributed by atoms with E-state index < -0.39 is 5.60 Å². The first-order valence-electron chi connectivity index (χ1n) is 8.29. The first-order valence-corrected chi connectivity index (χ1v) is 8.29. The topological polar surface area (TPSA) is 35.5 Å². The van der Waals surface area contributed by atoms with Crippen molar-refractivity contribution in [3.8, 4) is 0 Å². The fourth-order valence-electron chi connectivity index (χ4n) is 3.52. The molecule has 0 aromatic rings. The summed E-state index contributed by atoms with van der Waals surface area (Å²) in [5.41, 5.74) is -0.425. The van der Waals surface area contributed by atoms with Gasteiger partial charge in [0.25, 0.3) is 0 Å². The van der Waals surface area contributed by atoms with Crippen LogP contribution >= 0.6 is 0 Å². The highest BCUT2D eigenvalue weighted by molar-refractivity contribution is 4.86. The summed E-state index contributed by atoms with van der Waals surface area (Å²) in [5, 5.41) is 14.3. The van der Waals surface area contributed by atoms with Crippen LogP contribution in [0.5, 0.6) is 0 Å². The van der Waals surface area contributed by atoms with Crippen molar-refractivity contribution in [3.05, 3.63) is 0 Å². The predicted octanol–water partition coefficient (Wildman–Crippen LogP) is 2.53. The van der Waals surface area contributed by atoms with E-state index in [4.69, 9.17) is 0 Å². The van der Waals surface area contributed by atoms with Crippen LogP contribution in [0.15, 0.2) is 0 Å². The summed E-state index contributed by atoms with van der Waals surface area (Å²) < 4.78 is 0. The molecular formula is C16H32N2O. The van der Waals surface area contributed by atoms with Crippen LogP contribution in [-0.2, 0) is 0 Å². The van der Waals surface area contributed by atoms with Gasteiger partial charge in [0.2, 0.25) is 0 Å². The van der Waals surface area contributed by atoms with Gasteiger partial charge in [-0.25, -0.2) is 0 Å². The highest BCUT2D eigenvalue weighted by Gasteiger charge is 2.29. The summed E-state index contributed by atoms with van der Waals surface area (Å²) >= 11 is 0. The Morgan fingerprint density at radius 3 is 2.21 bits per heavy atom. The third kappa shape index (κ3) is 4.73. The van der Waals surface area contributed by atoms with Crippen LogP contribution in [0.4, 0.5) is 0 Å². The monoisotopic (exact) mass is 268 g/mol. The van der Waals surface area contributed by atoms with Crippen molar-refractivity contribution in [1.82, 2.24) is 10.2 Å². The zero-order valence-electron chi connectivity index (χ0n) is 12.8. The standard InChI is InChI=1S/C16H32N2O/c1-14(2)18-11-7-15(8-12-18)17-13-16(19)9-5-3-4-6-10-16/h14-15,17,19H,3-13H2,1-2H3. The number of piperidine rings is 1. The number of aliphatic hydroxyl groups is 1. The third-order valence-electron chi connectivity index (χ3n) is 5.01. The second-order valence-corrected chi connectivity index (χ2v) is 6.92. The van der Waals surface area contributed by atoms with Crippen LogP contribution in [0.1, 0.15) is 65.2 Å². The second kappa shape index (κ2) is 7.05. The molecule has 112 valence electrons. The van der Waals surface area contributed by atoms with Crippen LogP contribution in [0.2, 0.25) is 0 Å². The molecule has 1 saturated heterocycles. The molecule has 19 heavy (non-hydrogen) atoms. The number of rotatable bonds is 4. The Kier molecular flexibility index (Phi) is 5.67. The molecule has 1 saturated carbocycles. The van der Waals surface area contributed by atoms with Crippen LogP contribution in [-0.4, -0.2) is 47.3 Å². The molecule has 0 aromatic heterocycles. The van der Waals surface area contributed by atoms with E-state index in [0.29, 0.717) is 12.1 Å². The summed E-state index contributed by atoms with van der Waals surface area (Å²) in [4.78, 5) is 2.55. The molecular weight excluding hydrogens is 236 g/mol.